The van der Waals surface area contributed by atoms with Crippen molar-refractivity contribution in [3.63, 3.8) is 0 Å². The van der Waals surface area contributed by atoms with E-state index in [1.54, 1.807) is 0 Å². The molecule has 0 bridgehead atoms. The van der Waals surface area contributed by atoms with Crippen molar-refractivity contribution in [3.05, 3.63) is 52.8 Å². The molecule has 0 radical (unpaired) electrons. The molecule has 1 atom stereocenters. The van der Waals surface area contributed by atoms with Crippen LogP contribution in [0.2, 0.25) is 0 Å². The van der Waals surface area contributed by atoms with E-state index < -0.39 is 0 Å². The Hall–Kier alpha value is -2.10. The van der Waals surface area contributed by atoms with Crippen LogP contribution < -0.4 is 0 Å². The van der Waals surface area contributed by atoms with Gasteiger partial charge in [-0.25, -0.2) is 0 Å². The number of rotatable bonds is 4. The molecule has 2 aromatic rings. The summed E-state index contributed by atoms with van der Waals surface area (Å²) in [5, 5.41) is 8.84. The van der Waals surface area contributed by atoms with E-state index in [2.05, 4.69) is 61.4 Å². The van der Waals surface area contributed by atoms with Crippen molar-refractivity contribution in [2.24, 2.45) is 5.16 Å². The summed E-state index contributed by atoms with van der Waals surface area (Å²) in [5.41, 5.74) is 5.81. The van der Waals surface area contributed by atoms with Crippen LogP contribution in [0.1, 0.15) is 48.7 Å². The molecule has 4 nitrogen and oxygen atoms in total. The van der Waals surface area contributed by atoms with Crippen LogP contribution in [-0.2, 0) is 11.4 Å². The zero-order valence-corrected chi connectivity index (χ0v) is 13.7. The Morgan fingerprint density at radius 1 is 1.27 bits per heavy atom. The lowest BCUT2D eigenvalue weighted by molar-refractivity contribution is 0.0692. The number of hydrogen-bond acceptors (Lipinski definition) is 3. The minimum Gasteiger partial charge on any atom is -0.390 e. The van der Waals surface area contributed by atoms with Gasteiger partial charge in [-0.15, -0.1) is 0 Å². The molecular weight excluding hydrogens is 274 g/mol. The Bertz CT molecular complexity index is 700. The summed E-state index contributed by atoms with van der Waals surface area (Å²) in [7, 11) is 0. The number of aryl methyl sites for hydroxylation is 2. The van der Waals surface area contributed by atoms with Crippen LogP contribution in [0.5, 0.6) is 0 Å². The van der Waals surface area contributed by atoms with Crippen molar-refractivity contribution in [2.45, 2.75) is 52.7 Å². The molecule has 1 aromatic heterocycles. The average Bonchev–Trinajstić information content (AvgIpc) is 3.06. The standard InChI is InChI=1S/C18H23N3O/c1-12(2)16-7-5-6-8-17(16)18-10-15(22-20-18)11-21-14(4)9-13(3)19-21/h5-9,12,15H,10-11H2,1-4H3/t15-/m1/s1. The Balaban J connectivity index is 1.74. The second-order valence-corrected chi connectivity index (χ2v) is 6.32. The first-order valence-electron chi connectivity index (χ1n) is 7.87. The molecule has 0 unspecified atom stereocenters. The normalized spacial score (nSPS) is 17.7. The molecule has 2 heterocycles. The maximum atomic E-state index is 5.65. The lowest BCUT2D eigenvalue weighted by Crippen LogP contribution is -2.19. The summed E-state index contributed by atoms with van der Waals surface area (Å²) in [6, 6.07) is 10.6. The predicted octanol–water partition coefficient (Wildman–Crippen LogP) is 3.82. The Kier molecular flexibility index (Phi) is 4.01. The fourth-order valence-corrected chi connectivity index (χ4v) is 3.00. The molecule has 0 aliphatic carbocycles. The van der Waals surface area contributed by atoms with Gasteiger partial charge in [-0.1, -0.05) is 43.3 Å². The van der Waals surface area contributed by atoms with Gasteiger partial charge >= 0.3 is 0 Å². The summed E-state index contributed by atoms with van der Waals surface area (Å²) >= 11 is 0. The SMILES string of the molecule is Cc1cc(C)n(C[C@H]2CC(c3ccccc3C(C)C)=NO2)n1. The molecule has 1 aliphatic heterocycles. The van der Waals surface area contributed by atoms with Crippen LogP contribution in [0, 0.1) is 13.8 Å². The maximum absolute atomic E-state index is 5.65. The second-order valence-electron chi connectivity index (χ2n) is 6.32. The first-order valence-corrected chi connectivity index (χ1v) is 7.87. The van der Waals surface area contributed by atoms with Gasteiger partial charge in [-0.05, 0) is 31.4 Å². The summed E-state index contributed by atoms with van der Waals surface area (Å²) in [5.74, 6) is 0.481. The molecule has 0 amide bonds. The van der Waals surface area contributed by atoms with E-state index in [9.17, 15) is 0 Å². The van der Waals surface area contributed by atoms with E-state index in [1.165, 1.54) is 11.1 Å². The Morgan fingerprint density at radius 3 is 2.73 bits per heavy atom. The van der Waals surface area contributed by atoms with Crippen LogP contribution in [0.15, 0.2) is 35.5 Å². The van der Waals surface area contributed by atoms with Crippen molar-refractivity contribution in [2.75, 3.05) is 0 Å². The zero-order chi connectivity index (χ0) is 15.7. The smallest absolute Gasteiger partial charge is 0.152 e. The first-order chi connectivity index (χ1) is 10.5. The third-order valence-corrected chi connectivity index (χ3v) is 4.11. The summed E-state index contributed by atoms with van der Waals surface area (Å²) in [6.07, 6.45) is 0.899. The number of oxime groups is 1. The molecular formula is C18H23N3O. The molecule has 0 spiro atoms. The van der Waals surface area contributed by atoms with Crippen molar-refractivity contribution in [1.29, 1.82) is 0 Å². The van der Waals surface area contributed by atoms with Crippen LogP contribution >= 0.6 is 0 Å². The molecule has 116 valence electrons. The van der Waals surface area contributed by atoms with Crippen molar-refractivity contribution in [1.82, 2.24) is 9.78 Å². The van der Waals surface area contributed by atoms with Crippen molar-refractivity contribution in [3.8, 4) is 0 Å². The van der Waals surface area contributed by atoms with Crippen molar-refractivity contribution >= 4 is 5.71 Å². The van der Waals surface area contributed by atoms with E-state index in [0.29, 0.717) is 5.92 Å². The number of hydrogen-bond donors (Lipinski definition) is 0. The quantitative estimate of drug-likeness (QED) is 0.860. The monoisotopic (exact) mass is 297 g/mol. The van der Waals surface area contributed by atoms with Gasteiger partial charge in [0.1, 0.15) is 0 Å². The van der Waals surface area contributed by atoms with Crippen LogP contribution in [-0.4, -0.2) is 21.6 Å². The number of nitrogens with zero attached hydrogens (tertiary/aromatic N) is 3. The van der Waals surface area contributed by atoms with E-state index in [0.717, 1.165) is 30.1 Å². The molecule has 1 aliphatic rings. The minimum absolute atomic E-state index is 0.0632. The largest absolute Gasteiger partial charge is 0.390 e. The van der Waals surface area contributed by atoms with E-state index in [4.69, 9.17) is 4.84 Å². The molecule has 4 heteroatoms. The fraction of sp³-hybridized carbons (Fsp3) is 0.444. The lowest BCUT2D eigenvalue weighted by Gasteiger charge is -2.12. The third-order valence-electron chi connectivity index (χ3n) is 4.11. The second kappa shape index (κ2) is 5.95. The highest BCUT2D eigenvalue weighted by Gasteiger charge is 2.25. The van der Waals surface area contributed by atoms with Gasteiger partial charge in [0, 0.05) is 17.7 Å². The molecule has 0 N–H and O–H groups in total. The van der Waals surface area contributed by atoms with E-state index in [1.807, 2.05) is 11.6 Å². The van der Waals surface area contributed by atoms with Crippen LogP contribution in [0.3, 0.4) is 0 Å². The molecule has 0 saturated carbocycles. The first kappa shape index (κ1) is 14.8. The molecule has 22 heavy (non-hydrogen) atoms. The molecule has 3 rings (SSSR count). The number of aromatic nitrogens is 2. The fourth-order valence-electron chi connectivity index (χ4n) is 3.00. The van der Waals surface area contributed by atoms with Gasteiger partial charge in [-0.3, -0.25) is 4.68 Å². The van der Waals surface area contributed by atoms with Gasteiger partial charge < -0.3 is 4.84 Å². The van der Waals surface area contributed by atoms with Gasteiger partial charge in [-0.2, -0.15) is 5.10 Å². The number of benzene rings is 1. The lowest BCUT2D eigenvalue weighted by atomic mass is 9.93. The summed E-state index contributed by atoms with van der Waals surface area (Å²) < 4.78 is 2.01. The van der Waals surface area contributed by atoms with Gasteiger partial charge in [0.15, 0.2) is 6.10 Å². The Morgan fingerprint density at radius 2 is 2.05 bits per heavy atom. The van der Waals surface area contributed by atoms with E-state index in [-0.39, 0.29) is 6.10 Å². The summed E-state index contributed by atoms with van der Waals surface area (Å²) in [4.78, 5) is 5.65. The molecule has 0 fully saturated rings. The Labute approximate surface area is 131 Å². The minimum atomic E-state index is 0.0632. The molecule has 1 aromatic carbocycles. The van der Waals surface area contributed by atoms with Gasteiger partial charge in [0.05, 0.1) is 18.0 Å². The molecule has 0 saturated heterocycles. The highest BCUT2D eigenvalue weighted by molar-refractivity contribution is 6.02. The topological polar surface area (TPSA) is 39.4 Å². The van der Waals surface area contributed by atoms with Crippen molar-refractivity contribution < 1.29 is 4.84 Å². The van der Waals surface area contributed by atoms with Gasteiger partial charge in [0.25, 0.3) is 0 Å². The zero-order valence-electron chi connectivity index (χ0n) is 13.7. The van der Waals surface area contributed by atoms with Crippen LogP contribution in [0.25, 0.3) is 0 Å². The third kappa shape index (κ3) is 2.91. The van der Waals surface area contributed by atoms with Gasteiger partial charge in [0.2, 0.25) is 0 Å². The summed E-state index contributed by atoms with van der Waals surface area (Å²) in [6.45, 7) is 9.26. The average molecular weight is 297 g/mol. The van der Waals surface area contributed by atoms with Crippen LogP contribution in [0.4, 0.5) is 0 Å². The van der Waals surface area contributed by atoms with E-state index >= 15 is 0 Å². The maximum Gasteiger partial charge on any atom is 0.152 e. The highest BCUT2D eigenvalue weighted by Crippen LogP contribution is 2.25. The predicted molar refractivity (Wildman–Crippen MR) is 88.3 cm³/mol. The highest BCUT2D eigenvalue weighted by atomic mass is 16.6.